The van der Waals surface area contributed by atoms with Gasteiger partial charge in [0.1, 0.15) is 29.6 Å². The van der Waals surface area contributed by atoms with Crippen molar-refractivity contribution < 1.29 is 34.0 Å². The second kappa shape index (κ2) is 8.79. The Morgan fingerprint density at radius 3 is 2.56 bits per heavy atom. The first kappa shape index (κ1) is 18.4. The zero-order valence-corrected chi connectivity index (χ0v) is 13.9. The van der Waals surface area contributed by atoms with Gasteiger partial charge in [0.05, 0.1) is 26.4 Å². The van der Waals surface area contributed by atoms with Crippen molar-refractivity contribution >= 4 is 5.97 Å². The Labute approximate surface area is 145 Å². The first-order chi connectivity index (χ1) is 12.1. The molecule has 133 valence electrons. The van der Waals surface area contributed by atoms with E-state index in [2.05, 4.69) is 6.07 Å². The smallest absolute Gasteiger partial charge is 0.341 e. The number of carboxylic acids is 1. The fraction of sp³-hybridized carbons (Fsp3) is 0.278. The van der Waals surface area contributed by atoms with Gasteiger partial charge in [-0.2, -0.15) is 0 Å². The molecule has 0 heterocycles. The van der Waals surface area contributed by atoms with Crippen LogP contribution in [0.15, 0.2) is 30.3 Å². The average Bonchev–Trinajstić information content (AvgIpc) is 2.64. The fourth-order valence-corrected chi connectivity index (χ4v) is 2.24. The number of aliphatic hydroxyl groups is 1. The molecule has 0 bridgehead atoms. The minimum atomic E-state index is -1.10. The summed E-state index contributed by atoms with van der Waals surface area (Å²) in [5.74, 6) is 0.572. The topological polar surface area (TPSA) is 94.5 Å². The van der Waals surface area contributed by atoms with Crippen LogP contribution in [0.3, 0.4) is 0 Å². The quantitative estimate of drug-likeness (QED) is 0.716. The summed E-state index contributed by atoms with van der Waals surface area (Å²) >= 11 is 0. The van der Waals surface area contributed by atoms with Gasteiger partial charge in [-0.1, -0.05) is 0 Å². The van der Waals surface area contributed by atoms with E-state index in [1.807, 2.05) is 0 Å². The number of aliphatic hydroxyl groups excluding tert-OH is 1. The summed E-state index contributed by atoms with van der Waals surface area (Å²) in [5.41, 5.74) is 1.10. The molecule has 2 N–H and O–H groups in total. The summed E-state index contributed by atoms with van der Waals surface area (Å²) in [6.07, 6.45) is 0. The average molecular weight is 347 g/mol. The Morgan fingerprint density at radius 2 is 1.92 bits per heavy atom. The molecule has 7 heteroatoms. The number of carboxylic acid groups (broad SMARTS) is 1. The second-order valence-electron chi connectivity index (χ2n) is 4.87. The highest BCUT2D eigenvalue weighted by atomic mass is 16.5. The minimum absolute atomic E-state index is 0.0815. The molecule has 1 radical (unpaired) electrons. The summed E-state index contributed by atoms with van der Waals surface area (Å²) in [4.78, 5) is 10.9. The predicted molar refractivity (Wildman–Crippen MR) is 89.5 cm³/mol. The van der Waals surface area contributed by atoms with Gasteiger partial charge in [0, 0.05) is 17.7 Å². The van der Waals surface area contributed by atoms with Crippen molar-refractivity contribution in [2.75, 3.05) is 34.0 Å². The molecule has 0 aliphatic carbocycles. The Bertz CT molecular complexity index is 727. The molecule has 0 spiro atoms. The monoisotopic (exact) mass is 347 g/mol. The zero-order valence-electron chi connectivity index (χ0n) is 13.9. The maximum absolute atomic E-state index is 10.9. The molecule has 0 saturated heterocycles. The van der Waals surface area contributed by atoms with Crippen LogP contribution in [0.1, 0.15) is 0 Å². The van der Waals surface area contributed by atoms with Crippen molar-refractivity contribution in [1.29, 1.82) is 0 Å². The molecule has 2 aromatic rings. The third-order valence-corrected chi connectivity index (χ3v) is 3.29. The van der Waals surface area contributed by atoms with Gasteiger partial charge in [-0.25, -0.2) is 4.79 Å². The number of carbonyl (C=O) groups is 1. The molecule has 25 heavy (non-hydrogen) atoms. The number of hydrogen-bond donors (Lipinski definition) is 2. The van der Waals surface area contributed by atoms with Crippen LogP contribution in [0.4, 0.5) is 0 Å². The lowest BCUT2D eigenvalue weighted by atomic mass is 10.0. The van der Waals surface area contributed by atoms with E-state index in [4.69, 9.17) is 29.2 Å². The van der Waals surface area contributed by atoms with Crippen molar-refractivity contribution in [3.63, 3.8) is 0 Å². The predicted octanol–water partition coefficient (Wildman–Crippen LogP) is 2.01. The largest absolute Gasteiger partial charge is 0.497 e. The summed E-state index contributed by atoms with van der Waals surface area (Å²) < 4.78 is 21.5. The van der Waals surface area contributed by atoms with Gasteiger partial charge in [0.25, 0.3) is 0 Å². The van der Waals surface area contributed by atoms with Crippen molar-refractivity contribution in [1.82, 2.24) is 0 Å². The van der Waals surface area contributed by atoms with Gasteiger partial charge >= 0.3 is 5.97 Å². The third-order valence-electron chi connectivity index (χ3n) is 3.29. The molecule has 0 aromatic heterocycles. The molecular weight excluding hydrogens is 328 g/mol. The standard InChI is InChI=1S/C18H19O7/c1-22-12-6-7-13(16(10-12)25-11-17(20)21)18-14(23-2)4-3-5-15(18)24-9-8-19/h3-4,6-7,10,19H,8-9,11H2,1-2H3,(H,20,21). The van der Waals surface area contributed by atoms with E-state index in [0.717, 1.165) is 0 Å². The Morgan fingerprint density at radius 1 is 1.12 bits per heavy atom. The maximum Gasteiger partial charge on any atom is 0.341 e. The molecule has 2 aromatic carbocycles. The van der Waals surface area contributed by atoms with E-state index in [9.17, 15) is 4.79 Å². The Kier molecular flexibility index (Phi) is 6.47. The molecule has 0 unspecified atom stereocenters. The number of hydrogen-bond acceptors (Lipinski definition) is 6. The van der Waals surface area contributed by atoms with Crippen LogP contribution in [-0.2, 0) is 4.79 Å². The summed E-state index contributed by atoms with van der Waals surface area (Å²) in [5, 5.41) is 17.9. The third kappa shape index (κ3) is 4.54. The van der Waals surface area contributed by atoms with Crippen LogP contribution in [0, 0.1) is 6.07 Å². The number of methoxy groups -OCH3 is 2. The molecule has 0 fully saturated rings. The van der Waals surface area contributed by atoms with Gasteiger partial charge < -0.3 is 29.2 Å². The number of rotatable bonds is 9. The maximum atomic E-state index is 10.9. The van der Waals surface area contributed by atoms with Gasteiger partial charge in [-0.15, -0.1) is 0 Å². The molecule has 0 atom stereocenters. The highest BCUT2D eigenvalue weighted by Gasteiger charge is 2.19. The zero-order chi connectivity index (χ0) is 18.2. The van der Waals surface area contributed by atoms with Crippen LogP contribution >= 0.6 is 0 Å². The van der Waals surface area contributed by atoms with Crippen LogP contribution in [0.5, 0.6) is 23.0 Å². The van der Waals surface area contributed by atoms with Crippen LogP contribution in [0.2, 0.25) is 0 Å². The lowest BCUT2D eigenvalue weighted by molar-refractivity contribution is -0.139. The van der Waals surface area contributed by atoms with Gasteiger partial charge in [-0.3, -0.25) is 0 Å². The number of benzene rings is 2. The highest BCUT2D eigenvalue weighted by Crippen LogP contribution is 2.43. The van der Waals surface area contributed by atoms with Crippen molar-refractivity contribution in [3.8, 4) is 34.1 Å². The number of aliphatic carboxylic acids is 1. The normalized spacial score (nSPS) is 10.2. The van der Waals surface area contributed by atoms with Crippen LogP contribution < -0.4 is 18.9 Å². The molecular formula is C18H19O7. The van der Waals surface area contributed by atoms with E-state index in [0.29, 0.717) is 34.1 Å². The van der Waals surface area contributed by atoms with E-state index in [1.165, 1.54) is 14.2 Å². The molecule has 2 rings (SSSR count). The summed E-state index contributed by atoms with van der Waals surface area (Å²) in [7, 11) is 3.01. The first-order valence-corrected chi connectivity index (χ1v) is 7.46. The van der Waals surface area contributed by atoms with Crippen molar-refractivity contribution in [2.45, 2.75) is 0 Å². The van der Waals surface area contributed by atoms with E-state index < -0.39 is 12.6 Å². The highest BCUT2D eigenvalue weighted by molar-refractivity contribution is 5.82. The Balaban J connectivity index is 2.57. The first-order valence-electron chi connectivity index (χ1n) is 7.46. The van der Waals surface area contributed by atoms with Gasteiger partial charge in [0.2, 0.25) is 0 Å². The van der Waals surface area contributed by atoms with Gasteiger partial charge in [-0.05, 0) is 24.3 Å². The van der Waals surface area contributed by atoms with E-state index in [1.54, 1.807) is 30.3 Å². The number of ether oxygens (including phenoxy) is 4. The summed E-state index contributed by atoms with van der Waals surface area (Å²) in [6.45, 7) is -0.584. The lowest BCUT2D eigenvalue weighted by Gasteiger charge is -2.17. The van der Waals surface area contributed by atoms with Crippen LogP contribution in [-0.4, -0.2) is 50.2 Å². The fourth-order valence-electron chi connectivity index (χ4n) is 2.24. The lowest BCUT2D eigenvalue weighted by Crippen LogP contribution is -2.10. The second-order valence-corrected chi connectivity index (χ2v) is 4.87. The SMILES string of the molecule is COc1ccc(-c2c(OCCO)[c]ccc2OC)c(OCC(=O)O)c1. The van der Waals surface area contributed by atoms with Gasteiger partial charge in [0.15, 0.2) is 6.61 Å². The Hall–Kier alpha value is -2.93. The minimum Gasteiger partial charge on any atom is -0.497 e. The molecule has 0 aliphatic rings. The van der Waals surface area contributed by atoms with Crippen molar-refractivity contribution in [3.05, 3.63) is 36.4 Å². The summed E-state index contributed by atoms with van der Waals surface area (Å²) in [6, 6.07) is 11.3. The van der Waals surface area contributed by atoms with E-state index >= 15 is 0 Å². The molecule has 0 saturated carbocycles. The molecule has 7 nitrogen and oxygen atoms in total. The van der Waals surface area contributed by atoms with E-state index in [-0.39, 0.29) is 13.2 Å². The molecule has 0 amide bonds. The van der Waals surface area contributed by atoms with Crippen molar-refractivity contribution in [2.24, 2.45) is 0 Å². The molecule has 0 aliphatic heterocycles. The van der Waals surface area contributed by atoms with Crippen LogP contribution in [0.25, 0.3) is 11.1 Å².